The van der Waals surface area contributed by atoms with Crippen molar-refractivity contribution in [2.24, 2.45) is 4.99 Å². The van der Waals surface area contributed by atoms with Gasteiger partial charge in [0.25, 0.3) is 0 Å². The van der Waals surface area contributed by atoms with Crippen LogP contribution in [0.3, 0.4) is 0 Å². The van der Waals surface area contributed by atoms with E-state index in [0.29, 0.717) is 5.84 Å². The summed E-state index contributed by atoms with van der Waals surface area (Å²) >= 11 is 0. The maximum Gasteiger partial charge on any atom is 0.207 e. The van der Waals surface area contributed by atoms with Crippen LogP contribution >= 0.6 is 0 Å². The first kappa shape index (κ1) is 9.21. The van der Waals surface area contributed by atoms with Gasteiger partial charge in [-0.1, -0.05) is 0 Å². The highest BCUT2D eigenvalue weighted by Crippen LogP contribution is 2.10. The van der Waals surface area contributed by atoms with Crippen molar-refractivity contribution in [3.05, 3.63) is 30.7 Å². The third kappa shape index (κ3) is 1.94. The highest BCUT2D eigenvalue weighted by molar-refractivity contribution is 5.94. The Morgan fingerprint density at radius 2 is 2.47 bits per heavy atom. The lowest BCUT2D eigenvalue weighted by Crippen LogP contribution is -2.06. The lowest BCUT2D eigenvalue weighted by atomic mass is 10.4. The number of hydrogen-bond donors (Lipinski definition) is 1. The van der Waals surface area contributed by atoms with Gasteiger partial charge in [-0.25, -0.2) is 4.98 Å². The molecule has 1 N–H and O–H groups in total. The van der Waals surface area contributed by atoms with Crippen LogP contribution in [0.15, 0.2) is 35.7 Å². The molecule has 2 heterocycles. The Morgan fingerprint density at radius 1 is 1.60 bits per heavy atom. The molecule has 0 fully saturated rings. The quantitative estimate of drug-likeness (QED) is 0.431. The van der Waals surface area contributed by atoms with Gasteiger partial charge in [0, 0.05) is 30.3 Å². The molecule has 0 amide bonds. The van der Waals surface area contributed by atoms with Crippen LogP contribution in [0.4, 0.5) is 5.69 Å². The van der Waals surface area contributed by atoms with Crippen LogP contribution in [-0.4, -0.2) is 15.2 Å². The molecule has 0 atom stereocenters. The second-order valence-electron chi connectivity index (χ2n) is 3.03. The number of nitrogens with one attached hydrogen (secondary N) is 1. The zero-order valence-corrected chi connectivity index (χ0v) is 8.18. The van der Waals surface area contributed by atoms with Crippen LogP contribution in [0, 0.1) is 11.5 Å². The molecule has 0 unspecified atom stereocenters. The van der Waals surface area contributed by atoms with Crippen molar-refractivity contribution in [2.75, 3.05) is 5.32 Å². The Bertz CT molecular complexity index is 546. The molecule has 2 aromatic heterocycles. The first-order valence-electron chi connectivity index (χ1n) is 4.43. The minimum absolute atomic E-state index is 0.563. The van der Waals surface area contributed by atoms with Crippen molar-refractivity contribution in [1.82, 2.24) is 9.38 Å². The summed E-state index contributed by atoms with van der Waals surface area (Å²) in [7, 11) is 0. The number of fused-ring (bicyclic) bond motifs is 1. The van der Waals surface area contributed by atoms with Gasteiger partial charge in [-0.2, -0.15) is 10.3 Å². The van der Waals surface area contributed by atoms with Gasteiger partial charge in [-0.3, -0.25) is 0 Å². The van der Waals surface area contributed by atoms with Crippen molar-refractivity contribution in [2.45, 2.75) is 6.92 Å². The molecule has 0 spiro atoms. The Hall–Kier alpha value is -2.35. The molecule has 0 bridgehead atoms. The number of nitriles is 1. The normalized spacial score (nSPS) is 11.3. The van der Waals surface area contributed by atoms with Crippen molar-refractivity contribution in [3.8, 4) is 6.19 Å². The molecule has 74 valence electrons. The molecule has 0 aliphatic carbocycles. The third-order valence-electron chi connectivity index (χ3n) is 1.94. The molecule has 2 rings (SSSR count). The van der Waals surface area contributed by atoms with Gasteiger partial charge in [0.05, 0.1) is 0 Å². The molecule has 5 nitrogen and oxygen atoms in total. The van der Waals surface area contributed by atoms with E-state index in [-0.39, 0.29) is 0 Å². The molecule has 0 saturated carbocycles. The largest absolute Gasteiger partial charge is 0.343 e. The minimum Gasteiger partial charge on any atom is -0.343 e. The summed E-state index contributed by atoms with van der Waals surface area (Å²) in [6.07, 6.45) is 7.22. The minimum atomic E-state index is 0.563. The number of amidine groups is 1. The summed E-state index contributed by atoms with van der Waals surface area (Å²) in [5.74, 6) is 0.563. The number of nitrogens with zero attached hydrogens (tertiary/aromatic N) is 4. The number of rotatable bonds is 1. The first-order chi connectivity index (χ1) is 7.29. The lowest BCUT2D eigenvalue weighted by Gasteiger charge is -2.03. The first-order valence-corrected chi connectivity index (χ1v) is 4.43. The van der Waals surface area contributed by atoms with Gasteiger partial charge in [0.1, 0.15) is 11.5 Å². The monoisotopic (exact) mass is 199 g/mol. The van der Waals surface area contributed by atoms with Crippen molar-refractivity contribution in [1.29, 1.82) is 5.26 Å². The zero-order valence-electron chi connectivity index (χ0n) is 8.18. The van der Waals surface area contributed by atoms with E-state index in [0.717, 1.165) is 11.3 Å². The van der Waals surface area contributed by atoms with Crippen molar-refractivity contribution in [3.63, 3.8) is 0 Å². The lowest BCUT2D eigenvalue weighted by molar-refractivity contribution is 1.19. The van der Waals surface area contributed by atoms with Crippen LogP contribution in [-0.2, 0) is 0 Å². The maximum atomic E-state index is 8.36. The molecular weight excluding hydrogens is 190 g/mol. The van der Waals surface area contributed by atoms with Crippen LogP contribution in [0.1, 0.15) is 6.92 Å². The molecular formula is C10H9N5. The Kier molecular flexibility index (Phi) is 2.33. The standard InChI is InChI=1S/C10H9N5/c1-8(13-7-11)14-9-2-4-15-5-3-12-10(15)6-9/h2-6H,1H3,(H,13,14). The molecule has 15 heavy (non-hydrogen) atoms. The zero-order chi connectivity index (χ0) is 10.7. The number of imidazole rings is 1. The van der Waals surface area contributed by atoms with E-state index in [9.17, 15) is 0 Å². The highest BCUT2D eigenvalue weighted by Gasteiger charge is 1.97. The van der Waals surface area contributed by atoms with E-state index in [1.54, 1.807) is 19.3 Å². The van der Waals surface area contributed by atoms with Crippen LogP contribution < -0.4 is 5.32 Å². The number of hydrogen-bond acceptors (Lipinski definition) is 3. The molecule has 5 heteroatoms. The average molecular weight is 199 g/mol. The summed E-state index contributed by atoms with van der Waals surface area (Å²) in [5, 5.41) is 11.4. The van der Waals surface area contributed by atoms with E-state index in [1.165, 1.54) is 0 Å². The van der Waals surface area contributed by atoms with Gasteiger partial charge in [-0.05, 0) is 13.0 Å². The average Bonchev–Trinajstić information content (AvgIpc) is 2.65. The fourth-order valence-corrected chi connectivity index (χ4v) is 1.30. The van der Waals surface area contributed by atoms with Gasteiger partial charge >= 0.3 is 0 Å². The predicted molar refractivity (Wildman–Crippen MR) is 57.5 cm³/mol. The second-order valence-corrected chi connectivity index (χ2v) is 3.03. The Balaban J connectivity index is 2.29. The fraction of sp³-hybridized carbons (Fsp3) is 0.100. The smallest absolute Gasteiger partial charge is 0.207 e. The molecule has 0 aromatic carbocycles. The summed E-state index contributed by atoms with van der Waals surface area (Å²) in [4.78, 5) is 7.72. The van der Waals surface area contributed by atoms with Crippen LogP contribution in [0.25, 0.3) is 5.65 Å². The summed E-state index contributed by atoms with van der Waals surface area (Å²) in [6, 6.07) is 3.78. The van der Waals surface area contributed by atoms with E-state index in [1.807, 2.05) is 28.9 Å². The van der Waals surface area contributed by atoms with E-state index >= 15 is 0 Å². The van der Waals surface area contributed by atoms with E-state index < -0.39 is 0 Å². The fourth-order valence-electron chi connectivity index (χ4n) is 1.30. The second kappa shape index (κ2) is 3.80. The molecule has 0 radical (unpaired) electrons. The summed E-state index contributed by atoms with van der Waals surface area (Å²) in [6.45, 7) is 1.74. The Morgan fingerprint density at radius 3 is 3.27 bits per heavy atom. The van der Waals surface area contributed by atoms with Crippen LogP contribution in [0.5, 0.6) is 0 Å². The topological polar surface area (TPSA) is 65.5 Å². The number of anilines is 1. The number of aliphatic imine (C=N–C) groups is 1. The maximum absolute atomic E-state index is 8.36. The SMILES string of the molecule is C/C(=N\C#N)Nc1ccn2ccnc2c1. The van der Waals surface area contributed by atoms with Gasteiger partial charge in [0.15, 0.2) is 0 Å². The Labute approximate surface area is 86.7 Å². The highest BCUT2D eigenvalue weighted by atomic mass is 15.0. The molecule has 2 aromatic rings. The van der Waals surface area contributed by atoms with Gasteiger partial charge in [0.2, 0.25) is 6.19 Å². The van der Waals surface area contributed by atoms with E-state index in [2.05, 4.69) is 15.3 Å². The number of pyridine rings is 1. The van der Waals surface area contributed by atoms with Gasteiger partial charge in [-0.15, -0.1) is 0 Å². The molecule has 0 aliphatic rings. The molecule has 0 aliphatic heterocycles. The predicted octanol–water partition coefficient (Wildman–Crippen LogP) is 1.65. The van der Waals surface area contributed by atoms with Crippen molar-refractivity contribution >= 4 is 17.2 Å². The molecule has 0 saturated heterocycles. The van der Waals surface area contributed by atoms with Crippen molar-refractivity contribution < 1.29 is 0 Å². The summed E-state index contributed by atoms with van der Waals surface area (Å²) < 4.78 is 1.90. The third-order valence-corrected chi connectivity index (χ3v) is 1.94. The number of aromatic nitrogens is 2. The van der Waals surface area contributed by atoms with E-state index in [4.69, 9.17) is 5.26 Å². The summed E-state index contributed by atoms with van der Waals surface area (Å²) in [5.41, 5.74) is 1.72. The van der Waals surface area contributed by atoms with Crippen LogP contribution in [0.2, 0.25) is 0 Å². The van der Waals surface area contributed by atoms with Gasteiger partial charge < -0.3 is 9.72 Å².